The molecule has 0 aliphatic rings. The van der Waals surface area contributed by atoms with Crippen LogP contribution in [0.1, 0.15) is 76.8 Å². The molecule has 0 aliphatic carbocycles. The standard InChI is InChI=1S/C26H34F3NO4S/c1-4-6-7-8-9-16-25(31)30(20(3)5-2)19-21-12-10-14-23(17-21)34-35(32,33)24-15-11-13-22(18-24)26(27,28)29/h10-15,17-18,20H,4-9,16,19H2,1-3H3. The Kier molecular flexibility index (Phi) is 10.6. The molecule has 0 heterocycles. The van der Waals surface area contributed by atoms with Crippen molar-refractivity contribution in [3.8, 4) is 5.75 Å². The van der Waals surface area contributed by atoms with E-state index < -0.39 is 26.8 Å². The van der Waals surface area contributed by atoms with Gasteiger partial charge in [-0.15, -0.1) is 0 Å². The van der Waals surface area contributed by atoms with E-state index in [-0.39, 0.29) is 24.2 Å². The van der Waals surface area contributed by atoms with Crippen molar-refractivity contribution in [2.24, 2.45) is 0 Å². The number of rotatable bonds is 13. The molecule has 0 spiro atoms. The van der Waals surface area contributed by atoms with E-state index in [1.807, 2.05) is 13.8 Å². The molecule has 2 aromatic rings. The van der Waals surface area contributed by atoms with Gasteiger partial charge in [-0.1, -0.05) is 57.7 Å². The second kappa shape index (κ2) is 13.0. The molecule has 0 radical (unpaired) electrons. The fourth-order valence-corrected chi connectivity index (χ4v) is 4.60. The van der Waals surface area contributed by atoms with Crippen molar-refractivity contribution in [2.45, 2.75) is 89.4 Å². The van der Waals surface area contributed by atoms with Gasteiger partial charge < -0.3 is 9.08 Å². The monoisotopic (exact) mass is 513 g/mol. The highest BCUT2D eigenvalue weighted by Gasteiger charge is 2.32. The van der Waals surface area contributed by atoms with Gasteiger partial charge in [0.2, 0.25) is 5.91 Å². The van der Waals surface area contributed by atoms with Gasteiger partial charge in [0.05, 0.1) is 5.56 Å². The van der Waals surface area contributed by atoms with Gasteiger partial charge in [0.1, 0.15) is 10.6 Å². The zero-order chi connectivity index (χ0) is 26.1. The molecule has 2 rings (SSSR count). The Bertz CT molecular complexity index is 1070. The van der Waals surface area contributed by atoms with Crippen LogP contribution in [0.5, 0.6) is 5.75 Å². The number of unbranched alkanes of at least 4 members (excludes halogenated alkanes) is 4. The molecule has 9 heteroatoms. The maximum atomic E-state index is 13.0. The third-order valence-electron chi connectivity index (χ3n) is 5.84. The average molecular weight is 514 g/mol. The topological polar surface area (TPSA) is 63.7 Å². The first-order valence-electron chi connectivity index (χ1n) is 12.0. The number of carbonyl (C=O) groups excluding carboxylic acids is 1. The highest BCUT2D eigenvalue weighted by atomic mass is 32.2. The highest BCUT2D eigenvalue weighted by Crippen LogP contribution is 2.31. The number of carbonyl (C=O) groups is 1. The van der Waals surface area contributed by atoms with Crippen LogP contribution in [0, 0.1) is 0 Å². The van der Waals surface area contributed by atoms with Crippen LogP contribution >= 0.6 is 0 Å². The number of benzene rings is 2. The van der Waals surface area contributed by atoms with E-state index in [2.05, 4.69) is 6.92 Å². The Morgan fingerprint density at radius 1 is 1.00 bits per heavy atom. The van der Waals surface area contributed by atoms with Crippen molar-refractivity contribution in [1.29, 1.82) is 0 Å². The number of alkyl halides is 3. The lowest BCUT2D eigenvalue weighted by molar-refractivity contribution is -0.137. The maximum Gasteiger partial charge on any atom is 0.416 e. The van der Waals surface area contributed by atoms with Gasteiger partial charge >= 0.3 is 16.3 Å². The van der Waals surface area contributed by atoms with Gasteiger partial charge in [0.15, 0.2) is 0 Å². The summed E-state index contributed by atoms with van der Waals surface area (Å²) in [5.74, 6) is 0.00906. The molecule has 0 N–H and O–H groups in total. The minimum atomic E-state index is -4.67. The third kappa shape index (κ3) is 8.87. The number of amides is 1. The first-order chi connectivity index (χ1) is 16.5. The molecule has 35 heavy (non-hydrogen) atoms. The van der Waals surface area contributed by atoms with Crippen molar-refractivity contribution in [1.82, 2.24) is 4.90 Å². The van der Waals surface area contributed by atoms with Crippen LogP contribution in [0.25, 0.3) is 0 Å². The lowest BCUT2D eigenvalue weighted by atomic mass is 10.1. The van der Waals surface area contributed by atoms with Crippen molar-refractivity contribution < 1.29 is 30.6 Å². The van der Waals surface area contributed by atoms with Gasteiger partial charge in [-0.3, -0.25) is 4.79 Å². The Labute approximate surface area is 206 Å². The van der Waals surface area contributed by atoms with Crippen molar-refractivity contribution in [3.63, 3.8) is 0 Å². The van der Waals surface area contributed by atoms with Crippen LogP contribution in [-0.4, -0.2) is 25.3 Å². The van der Waals surface area contributed by atoms with Gasteiger partial charge in [0.25, 0.3) is 0 Å². The summed E-state index contributed by atoms with van der Waals surface area (Å²) in [7, 11) is -4.48. The quantitative estimate of drug-likeness (QED) is 0.215. The molecule has 0 bridgehead atoms. The van der Waals surface area contributed by atoms with Crippen LogP contribution in [-0.2, 0) is 27.6 Å². The molecule has 0 fully saturated rings. The summed E-state index contributed by atoms with van der Waals surface area (Å²) in [6.07, 6.45) is 1.76. The normalized spacial score (nSPS) is 12.9. The summed E-state index contributed by atoms with van der Waals surface area (Å²) in [6, 6.07) is 9.67. The molecule has 1 unspecified atom stereocenters. The van der Waals surface area contributed by atoms with E-state index in [4.69, 9.17) is 4.18 Å². The largest absolute Gasteiger partial charge is 0.416 e. The summed E-state index contributed by atoms with van der Waals surface area (Å²) < 4.78 is 69.3. The van der Waals surface area contributed by atoms with Crippen molar-refractivity contribution in [3.05, 3.63) is 59.7 Å². The van der Waals surface area contributed by atoms with Gasteiger partial charge in [-0.2, -0.15) is 21.6 Å². The van der Waals surface area contributed by atoms with E-state index in [1.165, 1.54) is 12.1 Å². The van der Waals surface area contributed by atoms with Crippen LogP contribution in [0.4, 0.5) is 13.2 Å². The average Bonchev–Trinajstić information content (AvgIpc) is 2.81. The molecular formula is C26H34F3NO4S. The maximum absolute atomic E-state index is 13.0. The molecule has 0 aliphatic heterocycles. The minimum Gasteiger partial charge on any atom is -0.379 e. The van der Waals surface area contributed by atoms with Gasteiger partial charge in [0, 0.05) is 19.0 Å². The summed E-state index contributed by atoms with van der Waals surface area (Å²) in [5, 5.41) is 0. The van der Waals surface area contributed by atoms with Crippen molar-refractivity contribution >= 4 is 16.0 Å². The first-order valence-corrected chi connectivity index (χ1v) is 13.4. The Hall–Kier alpha value is -2.55. The summed E-state index contributed by atoms with van der Waals surface area (Å²) >= 11 is 0. The molecule has 2 aromatic carbocycles. The molecule has 5 nitrogen and oxygen atoms in total. The van der Waals surface area contributed by atoms with E-state index in [9.17, 15) is 26.4 Å². The van der Waals surface area contributed by atoms with E-state index in [0.29, 0.717) is 18.1 Å². The number of hydrogen-bond acceptors (Lipinski definition) is 4. The summed E-state index contributed by atoms with van der Waals surface area (Å²) in [5.41, 5.74) is -0.408. The predicted molar refractivity (Wildman–Crippen MR) is 129 cm³/mol. The fraction of sp³-hybridized carbons (Fsp3) is 0.500. The Balaban J connectivity index is 2.15. The fourth-order valence-electron chi connectivity index (χ4n) is 3.63. The minimum absolute atomic E-state index is 0.00319. The lowest BCUT2D eigenvalue weighted by Crippen LogP contribution is -2.37. The van der Waals surface area contributed by atoms with Gasteiger partial charge in [-0.05, 0) is 55.7 Å². The Morgan fingerprint density at radius 2 is 1.69 bits per heavy atom. The molecule has 0 aromatic heterocycles. The van der Waals surface area contributed by atoms with E-state index in [1.54, 1.807) is 17.0 Å². The smallest absolute Gasteiger partial charge is 0.379 e. The molecule has 0 saturated heterocycles. The van der Waals surface area contributed by atoms with Crippen LogP contribution in [0.15, 0.2) is 53.4 Å². The third-order valence-corrected chi connectivity index (χ3v) is 7.09. The SMILES string of the molecule is CCCCCCCC(=O)N(Cc1cccc(OS(=O)(=O)c2cccc(C(F)(F)F)c2)c1)C(C)CC. The Morgan fingerprint density at radius 3 is 2.34 bits per heavy atom. The van der Waals surface area contributed by atoms with Crippen LogP contribution in [0.3, 0.4) is 0 Å². The molecule has 194 valence electrons. The highest BCUT2D eigenvalue weighted by molar-refractivity contribution is 7.87. The molecule has 0 saturated carbocycles. The number of nitrogens with zero attached hydrogens (tertiary/aromatic N) is 1. The molecule has 1 atom stereocenters. The second-order valence-corrected chi connectivity index (χ2v) is 10.2. The number of halogens is 3. The second-order valence-electron chi connectivity index (χ2n) is 8.65. The predicted octanol–water partition coefficient (Wildman–Crippen LogP) is 6.96. The summed E-state index contributed by atoms with van der Waals surface area (Å²) in [6.45, 7) is 6.38. The zero-order valence-electron chi connectivity index (χ0n) is 20.5. The van der Waals surface area contributed by atoms with Crippen LogP contribution in [0.2, 0.25) is 0 Å². The molecular weight excluding hydrogens is 479 g/mol. The first kappa shape index (κ1) is 28.7. The lowest BCUT2D eigenvalue weighted by Gasteiger charge is -2.29. The van der Waals surface area contributed by atoms with Gasteiger partial charge in [-0.25, -0.2) is 0 Å². The van der Waals surface area contributed by atoms with Crippen LogP contribution < -0.4 is 4.18 Å². The van der Waals surface area contributed by atoms with E-state index in [0.717, 1.165) is 56.7 Å². The molecule has 1 amide bonds. The number of hydrogen-bond donors (Lipinski definition) is 0. The zero-order valence-corrected chi connectivity index (χ0v) is 21.3. The summed E-state index contributed by atoms with van der Waals surface area (Å²) in [4.78, 5) is 14.1. The van der Waals surface area contributed by atoms with E-state index >= 15 is 0 Å². The van der Waals surface area contributed by atoms with Crippen molar-refractivity contribution in [2.75, 3.05) is 0 Å².